The summed E-state index contributed by atoms with van der Waals surface area (Å²) >= 11 is 0. The van der Waals surface area contributed by atoms with Crippen molar-refractivity contribution < 1.29 is 0 Å². The molecule has 1 saturated heterocycles. The van der Waals surface area contributed by atoms with Crippen LogP contribution in [0.4, 0.5) is 0 Å². The Morgan fingerprint density at radius 2 is 1.89 bits per heavy atom. The third kappa shape index (κ3) is 3.75. The number of nitrogens with zero attached hydrogens (tertiary/aromatic N) is 4. The second-order valence-electron chi connectivity index (χ2n) is 5.42. The minimum atomic E-state index is 0.498. The maximum Gasteiger partial charge on any atom is 0.0615 e. The van der Waals surface area contributed by atoms with Gasteiger partial charge in [0.2, 0.25) is 0 Å². The number of hydrogen-bond donors (Lipinski definition) is 0. The standard InChI is InChI=1S/C14H24N4/c1-12(14-11-15-13(2)10-16-14)4-5-18-8-6-17(3)7-9-18/h10-12H,4-9H2,1-3H3. The number of hydrogen-bond acceptors (Lipinski definition) is 4. The zero-order valence-electron chi connectivity index (χ0n) is 11.8. The topological polar surface area (TPSA) is 32.3 Å². The van der Waals surface area contributed by atoms with E-state index < -0.39 is 0 Å². The molecule has 2 rings (SSSR count). The molecule has 0 aromatic carbocycles. The molecule has 0 aliphatic carbocycles. The van der Waals surface area contributed by atoms with Crippen molar-refractivity contribution in [1.29, 1.82) is 0 Å². The summed E-state index contributed by atoms with van der Waals surface area (Å²) in [4.78, 5) is 13.7. The van der Waals surface area contributed by atoms with Gasteiger partial charge in [0, 0.05) is 44.5 Å². The Hall–Kier alpha value is -1.00. The fourth-order valence-electron chi connectivity index (χ4n) is 2.25. The summed E-state index contributed by atoms with van der Waals surface area (Å²) in [7, 11) is 2.20. The van der Waals surface area contributed by atoms with Gasteiger partial charge in [0.1, 0.15) is 0 Å². The molecule has 18 heavy (non-hydrogen) atoms. The van der Waals surface area contributed by atoms with E-state index in [2.05, 4.69) is 33.7 Å². The molecule has 0 spiro atoms. The third-order valence-corrected chi connectivity index (χ3v) is 3.78. The smallest absolute Gasteiger partial charge is 0.0615 e. The van der Waals surface area contributed by atoms with Crippen LogP contribution in [0.3, 0.4) is 0 Å². The lowest BCUT2D eigenvalue weighted by Gasteiger charge is -2.32. The number of aromatic nitrogens is 2. The van der Waals surface area contributed by atoms with Crippen molar-refractivity contribution in [2.45, 2.75) is 26.2 Å². The highest BCUT2D eigenvalue weighted by molar-refractivity contribution is 5.05. The van der Waals surface area contributed by atoms with Crippen LogP contribution in [0.1, 0.15) is 30.7 Å². The van der Waals surface area contributed by atoms with E-state index in [0.29, 0.717) is 5.92 Å². The first-order valence-corrected chi connectivity index (χ1v) is 6.84. The van der Waals surface area contributed by atoms with Crippen molar-refractivity contribution in [2.24, 2.45) is 0 Å². The summed E-state index contributed by atoms with van der Waals surface area (Å²) in [5.74, 6) is 0.498. The Kier molecular flexibility index (Phi) is 4.66. The van der Waals surface area contributed by atoms with Crippen LogP contribution in [0.25, 0.3) is 0 Å². The minimum Gasteiger partial charge on any atom is -0.304 e. The van der Waals surface area contributed by atoms with Crippen LogP contribution in [0, 0.1) is 6.92 Å². The van der Waals surface area contributed by atoms with Crippen LogP contribution in [-0.2, 0) is 0 Å². The number of rotatable bonds is 4. The second kappa shape index (κ2) is 6.25. The van der Waals surface area contributed by atoms with Gasteiger partial charge in [0.25, 0.3) is 0 Å². The summed E-state index contributed by atoms with van der Waals surface area (Å²) in [6, 6.07) is 0. The van der Waals surface area contributed by atoms with Crippen LogP contribution in [0.15, 0.2) is 12.4 Å². The van der Waals surface area contributed by atoms with Gasteiger partial charge in [0.05, 0.1) is 11.4 Å². The lowest BCUT2D eigenvalue weighted by atomic mass is 10.0. The monoisotopic (exact) mass is 248 g/mol. The van der Waals surface area contributed by atoms with Gasteiger partial charge < -0.3 is 9.80 Å². The van der Waals surface area contributed by atoms with Gasteiger partial charge in [-0.3, -0.25) is 9.97 Å². The molecule has 0 amide bonds. The van der Waals surface area contributed by atoms with Crippen LogP contribution in [0.5, 0.6) is 0 Å². The molecule has 1 aliphatic rings. The first-order chi connectivity index (χ1) is 8.65. The van der Waals surface area contributed by atoms with Gasteiger partial charge in [-0.15, -0.1) is 0 Å². The highest BCUT2D eigenvalue weighted by Gasteiger charge is 2.15. The molecule has 1 atom stereocenters. The minimum absolute atomic E-state index is 0.498. The van der Waals surface area contributed by atoms with E-state index in [1.807, 2.05) is 19.3 Å². The van der Waals surface area contributed by atoms with Gasteiger partial charge >= 0.3 is 0 Å². The fraction of sp³-hybridized carbons (Fsp3) is 0.714. The number of piperazine rings is 1. The summed E-state index contributed by atoms with van der Waals surface area (Å²) < 4.78 is 0. The number of aryl methyl sites for hydroxylation is 1. The molecule has 1 aromatic heterocycles. The first kappa shape index (κ1) is 13.4. The van der Waals surface area contributed by atoms with E-state index in [1.54, 1.807) is 0 Å². The summed E-state index contributed by atoms with van der Waals surface area (Å²) in [6.07, 6.45) is 4.95. The Morgan fingerprint density at radius 1 is 1.17 bits per heavy atom. The maximum atomic E-state index is 4.46. The molecule has 4 heteroatoms. The molecule has 2 heterocycles. The highest BCUT2D eigenvalue weighted by Crippen LogP contribution is 2.16. The van der Waals surface area contributed by atoms with E-state index in [4.69, 9.17) is 0 Å². The van der Waals surface area contributed by atoms with E-state index in [9.17, 15) is 0 Å². The molecule has 0 saturated carbocycles. The van der Waals surface area contributed by atoms with Crippen molar-refractivity contribution in [1.82, 2.24) is 19.8 Å². The Morgan fingerprint density at radius 3 is 2.50 bits per heavy atom. The molecule has 0 radical (unpaired) electrons. The Bertz CT molecular complexity index is 355. The van der Waals surface area contributed by atoms with Crippen molar-refractivity contribution in [2.75, 3.05) is 39.8 Å². The summed E-state index contributed by atoms with van der Waals surface area (Å²) in [5.41, 5.74) is 2.11. The van der Waals surface area contributed by atoms with E-state index in [1.165, 1.54) is 39.1 Å². The Labute approximate surface area is 110 Å². The molecule has 4 nitrogen and oxygen atoms in total. The largest absolute Gasteiger partial charge is 0.304 e. The zero-order valence-corrected chi connectivity index (χ0v) is 11.8. The predicted molar refractivity (Wildman–Crippen MR) is 73.7 cm³/mol. The molecule has 1 fully saturated rings. The average Bonchev–Trinajstić information content (AvgIpc) is 2.38. The predicted octanol–water partition coefficient (Wildman–Crippen LogP) is 1.53. The third-order valence-electron chi connectivity index (χ3n) is 3.78. The lowest BCUT2D eigenvalue weighted by molar-refractivity contribution is 0.151. The van der Waals surface area contributed by atoms with Crippen LogP contribution < -0.4 is 0 Å². The fourth-order valence-corrected chi connectivity index (χ4v) is 2.25. The van der Waals surface area contributed by atoms with Gasteiger partial charge in [-0.05, 0) is 26.9 Å². The van der Waals surface area contributed by atoms with Gasteiger partial charge in [-0.25, -0.2) is 0 Å². The Balaban J connectivity index is 1.77. The molecular formula is C14H24N4. The SMILES string of the molecule is Cc1cnc(C(C)CCN2CCN(C)CC2)cn1. The van der Waals surface area contributed by atoms with Gasteiger partial charge in [0.15, 0.2) is 0 Å². The summed E-state index contributed by atoms with van der Waals surface area (Å²) in [6.45, 7) is 10.2. The van der Waals surface area contributed by atoms with E-state index in [-0.39, 0.29) is 0 Å². The maximum absolute atomic E-state index is 4.46. The van der Waals surface area contributed by atoms with Crippen molar-refractivity contribution in [3.63, 3.8) is 0 Å². The number of likely N-dealkylation sites (N-methyl/N-ethyl adjacent to an activating group) is 1. The van der Waals surface area contributed by atoms with E-state index in [0.717, 1.165) is 11.4 Å². The molecular weight excluding hydrogens is 224 g/mol. The summed E-state index contributed by atoms with van der Waals surface area (Å²) in [5, 5.41) is 0. The molecule has 100 valence electrons. The normalized spacial score (nSPS) is 19.9. The second-order valence-corrected chi connectivity index (χ2v) is 5.42. The molecule has 1 unspecified atom stereocenters. The van der Waals surface area contributed by atoms with Crippen LogP contribution in [-0.4, -0.2) is 59.5 Å². The first-order valence-electron chi connectivity index (χ1n) is 6.84. The molecule has 1 aliphatic heterocycles. The van der Waals surface area contributed by atoms with Crippen molar-refractivity contribution >= 4 is 0 Å². The van der Waals surface area contributed by atoms with Crippen LogP contribution in [0.2, 0.25) is 0 Å². The van der Waals surface area contributed by atoms with Crippen molar-refractivity contribution in [3.8, 4) is 0 Å². The molecule has 0 N–H and O–H groups in total. The average molecular weight is 248 g/mol. The van der Waals surface area contributed by atoms with E-state index >= 15 is 0 Å². The molecule has 0 bridgehead atoms. The highest BCUT2D eigenvalue weighted by atomic mass is 15.2. The lowest BCUT2D eigenvalue weighted by Crippen LogP contribution is -2.44. The molecule has 1 aromatic rings. The van der Waals surface area contributed by atoms with Crippen molar-refractivity contribution in [3.05, 3.63) is 23.8 Å². The quantitative estimate of drug-likeness (QED) is 0.809. The van der Waals surface area contributed by atoms with Gasteiger partial charge in [-0.1, -0.05) is 6.92 Å². The zero-order chi connectivity index (χ0) is 13.0. The van der Waals surface area contributed by atoms with Crippen LogP contribution >= 0.6 is 0 Å². The van der Waals surface area contributed by atoms with Gasteiger partial charge in [-0.2, -0.15) is 0 Å².